The average Bonchev–Trinajstić information content (AvgIpc) is 2.92. The monoisotopic (exact) mass is 260 g/mol. The van der Waals surface area contributed by atoms with E-state index in [9.17, 15) is 9.90 Å². The minimum Gasteiger partial charge on any atom is -0.508 e. The minimum atomic E-state index is -0.125. The van der Waals surface area contributed by atoms with Gasteiger partial charge in [0.1, 0.15) is 5.75 Å². The Morgan fingerprint density at radius 3 is 2.79 bits per heavy atom. The van der Waals surface area contributed by atoms with Crippen LogP contribution in [0.5, 0.6) is 5.75 Å². The van der Waals surface area contributed by atoms with Gasteiger partial charge in [-0.05, 0) is 31.0 Å². The number of aromatic hydroxyl groups is 1. The van der Waals surface area contributed by atoms with E-state index in [-0.39, 0.29) is 17.7 Å². The Labute approximate surface area is 113 Å². The van der Waals surface area contributed by atoms with Crippen molar-refractivity contribution in [2.24, 2.45) is 0 Å². The Bertz CT molecular complexity index is 479. The van der Waals surface area contributed by atoms with E-state index in [1.165, 1.54) is 12.1 Å². The van der Waals surface area contributed by atoms with Crippen LogP contribution in [0.3, 0.4) is 0 Å². The summed E-state index contributed by atoms with van der Waals surface area (Å²) < 4.78 is 0. The van der Waals surface area contributed by atoms with Crippen LogP contribution in [0.2, 0.25) is 0 Å². The maximum absolute atomic E-state index is 12.6. The fraction of sp³-hybridized carbons (Fsp3) is 0.400. The summed E-state index contributed by atoms with van der Waals surface area (Å²) in [6.07, 6.45) is 6.09. The van der Waals surface area contributed by atoms with Gasteiger partial charge in [-0.1, -0.05) is 18.9 Å². The van der Waals surface area contributed by atoms with Crippen LogP contribution in [-0.2, 0) is 0 Å². The molecule has 0 saturated heterocycles. The number of nitrogens with two attached hydrogens (primary N) is 1. The van der Waals surface area contributed by atoms with Gasteiger partial charge in [0.25, 0.3) is 5.91 Å². The van der Waals surface area contributed by atoms with E-state index in [2.05, 4.69) is 6.58 Å². The predicted octanol–water partition coefficient (Wildman–Crippen LogP) is 2.55. The second-order valence-corrected chi connectivity index (χ2v) is 4.96. The molecular weight excluding hydrogens is 240 g/mol. The quantitative estimate of drug-likeness (QED) is 0.496. The highest BCUT2D eigenvalue weighted by Crippen LogP contribution is 2.27. The zero-order valence-electron chi connectivity index (χ0n) is 11.0. The van der Waals surface area contributed by atoms with Gasteiger partial charge in [0.05, 0.1) is 5.56 Å². The first-order chi connectivity index (χ1) is 9.13. The highest BCUT2D eigenvalue weighted by atomic mass is 16.3. The number of phenolic OH excluding ortho intramolecular Hbond substituents is 1. The fourth-order valence-electron chi connectivity index (χ4n) is 2.64. The van der Waals surface area contributed by atoms with Crippen LogP contribution in [-0.4, -0.2) is 28.5 Å². The summed E-state index contributed by atoms with van der Waals surface area (Å²) in [4.78, 5) is 14.4. The van der Waals surface area contributed by atoms with Gasteiger partial charge in [0.15, 0.2) is 0 Å². The zero-order valence-corrected chi connectivity index (χ0v) is 11.0. The molecule has 1 aliphatic rings. The lowest BCUT2D eigenvalue weighted by Gasteiger charge is -2.28. The lowest BCUT2D eigenvalue weighted by Crippen LogP contribution is -2.39. The Balaban J connectivity index is 2.27. The molecule has 3 N–H and O–H groups in total. The SMILES string of the molecule is C=CCN(C(=O)c1cc(O)ccc1N)C1CCCC1. The molecular formula is C15H20N2O2. The number of hydrogen-bond donors (Lipinski definition) is 2. The maximum Gasteiger partial charge on any atom is 0.256 e. The average molecular weight is 260 g/mol. The van der Waals surface area contributed by atoms with Gasteiger partial charge in [-0.15, -0.1) is 6.58 Å². The molecule has 0 radical (unpaired) electrons. The topological polar surface area (TPSA) is 66.6 Å². The van der Waals surface area contributed by atoms with E-state index < -0.39 is 0 Å². The molecule has 4 heteroatoms. The first-order valence-corrected chi connectivity index (χ1v) is 6.64. The van der Waals surface area contributed by atoms with Crippen molar-refractivity contribution in [3.63, 3.8) is 0 Å². The van der Waals surface area contributed by atoms with Crippen LogP contribution in [0.4, 0.5) is 5.69 Å². The van der Waals surface area contributed by atoms with E-state index in [1.54, 1.807) is 12.1 Å². The summed E-state index contributed by atoms with van der Waals surface area (Å²) >= 11 is 0. The number of amides is 1. The van der Waals surface area contributed by atoms with Crippen molar-refractivity contribution in [1.29, 1.82) is 0 Å². The van der Waals surface area contributed by atoms with E-state index in [1.807, 2.05) is 4.90 Å². The Kier molecular flexibility index (Phi) is 4.10. The second kappa shape index (κ2) is 5.78. The van der Waals surface area contributed by atoms with Crippen molar-refractivity contribution in [2.45, 2.75) is 31.7 Å². The van der Waals surface area contributed by atoms with Gasteiger partial charge in [0, 0.05) is 18.3 Å². The molecule has 1 aromatic rings. The number of benzene rings is 1. The molecule has 1 fully saturated rings. The zero-order chi connectivity index (χ0) is 13.8. The first-order valence-electron chi connectivity index (χ1n) is 6.64. The normalized spacial score (nSPS) is 15.4. The van der Waals surface area contributed by atoms with Crippen molar-refractivity contribution in [1.82, 2.24) is 4.90 Å². The second-order valence-electron chi connectivity index (χ2n) is 4.96. The summed E-state index contributed by atoms with van der Waals surface area (Å²) in [5, 5.41) is 9.52. The number of nitrogens with zero attached hydrogens (tertiary/aromatic N) is 1. The molecule has 0 spiro atoms. The summed E-state index contributed by atoms with van der Waals surface area (Å²) in [5.74, 6) is -0.0669. The third-order valence-electron chi connectivity index (χ3n) is 3.62. The smallest absolute Gasteiger partial charge is 0.256 e. The van der Waals surface area contributed by atoms with E-state index >= 15 is 0 Å². The molecule has 1 amide bonds. The standard InChI is InChI=1S/C15H20N2O2/c1-2-9-17(11-5-3-4-6-11)15(19)13-10-12(18)7-8-14(13)16/h2,7-8,10-11,18H,1,3-6,9,16H2. The molecule has 4 nitrogen and oxygen atoms in total. The van der Waals surface area contributed by atoms with E-state index in [0.29, 0.717) is 17.8 Å². The number of anilines is 1. The number of carbonyl (C=O) groups excluding carboxylic acids is 1. The molecule has 1 saturated carbocycles. The van der Waals surface area contributed by atoms with Gasteiger partial charge in [0.2, 0.25) is 0 Å². The van der Waals surface area contributed by atoms with Gasteiger partial charge >= 0.3 is 0 Å². The number of nitrogen functional groups attached to an aromatic ring is 1. The molecule has 0 aromatic heterocycles. The van der Waals surface area contributed by atoms with Crippen LogP contribution in [0.1, 0.15) is 36.0 Å². The van der Waals surface area contributed by atoms with Crippen LogP contribution >= 0.6 is 0 Å². The van der Waals surface area contributed by atoms with Crippen molar-refractivity contribution >= 4 is 11.6 Å². The largest absolute Gasteiger partial charge is 0.508 e. The third-order valence-corrected chi connectivity index (χ3v) is 3.62. The first kappa shape index (κ1) is 13.5. The van der Waals surface area contributed by atoms with E-state index in [4.69, 9.17) is 5.73 Å². The van der Waals surface area contributed by atoms with Crippen molar-refractivity contribution in [3.8, 4) is 5.75 Å². The third kappa shape index (κ3) is 2.89. The molecule has 0 aliphatic heterocycles. The lowest BCUT2D eigenvalue weighted by molar-refractivity contribution is 0.0707. The summed E-state index contributed by atoms with van der Waals surface area (Å²) in [7, 11) is 0. The Morgan fingerprint density at radius 2 is 2.16 bits per heavy atom. The molecule has 102 valence electrons. The van der Waals surface area contributed by atoms with Crippen molar-refractivity contribution in [3.05, 3.63) is 36.4 Å². The lowest BCUT2D eigenvalue weighted by atomic mass is 10.1. The van der Waals surface area contributed by atoms with Gasteiger partial charge in [-0.2, -0.15) is 0 Å². The maximum atomic E-state index is 12.6. The van der Waals surface area contributed by atoms with E-state index in [0.717, 1.165) is 25.7 Å². The van der Waals surface area contributed by atoms with Crippen LogP contribution in [0.15, 0.2) is 30.9 Å². The molecule has 2 rings (SSSR count). The van der Waals surface area contributed by atoms with Crippen LogP contribution < -0.4 is 5.73 Å². The number of phenols is 1. The molecule has 0 unspecified atom stereocenters. The molecule has 0 heterocycles. The molecule has 0 bridgehead atoms. The van der Waals surface area contributed by atoms with Crippen molar-refractivity contribution < 1.29 is 9.90 Å². The van der Waals surface area contributed by atoms with Gasteiger partial charge in [-0.3, -0.25) is 4.79 Å². The molecule has 19 heavy (non-hydrogen) atoms. The summed E-state index contributed by atoms with van der Waals surface area (Å²) in [6.45, 7) is 4.23. The fourth-order valence-corrected chi connectivity index (χ4v) is 2.64. The number of hydrogen-bond acceptors (Lipinski definition) is 3. The number of carbonyl (C=O) groups is 1. The highest BCUT2D eigenvalue weighted by Gasteiger charge is 2.27. The predicted molar refractivity (Wildman–Crippen MR) is 76.0 cm³/mol. The molecule has 1 aliphatic carbocycles. The summed E-state index contributed by atoms with van der Waals surface area (Å²) in [5.41, 5.74) is 6.61. The molecule has 0 atom stereocenters. The summed E-state index contributed by atoms with van der Waals surface area (Å²) in [6, 6.07) is 4.73. The van der Waals surface area contributed by atoms with Crippen LogP contribution in [0.25, 0.3) is 0 Å². The Morgan fingerprint density at radius 1 is 1.47 bits per heavy atom. The Hall–Kier alpha value is -1.97. The van der Waals surface area contributed by atoms with Gasteiger partial charge in [-0.25, -0.2) is 0 Å². The van der Waals surface area contributed by atoms with Gasteiger partial charge < -0.3 is 15.7 Å². The van der Waals surface area contributed by atoms with Crippen LogP contribution in [0, 0.1) is 0 Å². The van der Waals surface area contributed by atoms with Crippen molar-refractivity contribution in [2.75, 3.05) is 12.3 Å². The number of rotatable bonds is 4. The molecule has 1 aromatic carbocycles. The highest BCUT2D eigenvalue weighted by molar-refractivity contribution is 5.99. The minimum absolute atomic E-state index is 0.0579.